The van der Waals surface area contributed by atoms with Crippen molar-refractivity contribution >= 4 is 17.5 Å². The maximum atomic E-state index is 13.3. The molecule has 2 amide bonds. The third-order valence-corrected chi connectivity index (χ3v) is 5.60. The summed E-state index contributed by atoms with van der Waals surface area (Å²) in [4.78, 5) is 29.0. The zero-order valence-electron chi connectivity index (χ0n) is 16.4. The summed E-state index contributed by atoms with van der Waals surface area (Å²) in [5.74, 6) is 0.00427. The zero-order valence-corrected chi connectivity index (χ0v) is 16.4. The van der Waals surface area contributed by atoms with Gasteiger partial charge in [0.2, 0.25) is 5.91 Å². The van der Waals surface area contributed by atoms with E-state index in [1.807, 2.05) is 23.1 Å². The van der Waals surface area contributed by atoms with Crippen molar-refractivity contribution in [2.24, 2.45) is 5.92 Å². The van der Waals surface area contributed by atoms with Crippen LogP contribution in [0.15, 0.2) is 48.5 Å². The van der Waals surface area contributed by atoms with Gasteiger partial charge in [-0.05, 0) is 55.2 Å². The van der Waals surface area contributed by atoms with Crippen molar-refractivity contribution < 1.29 is 14.0 Å². The summed E-state index contributed by atoms with van der Waals surface area (Å²) in [6.07, 6.45) is 2.96. The highest BCUT2D eigenvalue weighted by atomic mass is 19.1. The van der Waals surface area contributed by atoms with Gasteiger partial charge in [0.15, 0.2) is 0 Å². The molecule has 2 aromatic rings. The van der Waals surface area contributed by atoms with Crippen LogP contribution in [0, 0.1) is 11.7 Å². The van der Waals surface area contributed by atoms with Crippen LogP contribution >= 0.6 is 0 Å². The van der Waals surface area contributed by atoms with E-state index >= 15 is 0 Å². The number of hydrogen-bond donors (Lipinski definition) is 1. The molecule has 2 aliphatic rings. The summed E-state index contributed by atoms with van der Waals surface area (Å²) < 4.78 is 13.3. The molecule has 0 aromatic heterocycles. The van der Waals surface area contributed by atoms with Crippen molar-refractivity contribution in [2.75, 3.05) is 38.0 Å². The van der Waals surface area contributed by atoms with Crippen LogP contribution in [0.2, 0.25) is 0 Å². The minimum Gasteiger partial charge on any atom is -0.340 e. The number of nitrogens with one attached hydrogen (secondary N) is 1. The van der Waals surface area contributed by atoms with Crippen molar-refractivity contribution in [1.29, 1.82) is 0 Å². The smallest absolute Gasteiger partial charge is 0.255 e. The zero-order chi connectivity index (χ0) is 20.2. The standard InChI is InChI=1S/C23H26FN3O2/c24-20-5-2-6-21(16-20)25-22(28)19-4-1-3-17(15-19)9-10-26-11-13-27(14-12-26)23(29)18-7-8-18/h1-6,15-16,18H,7-14H2,(H,25,28). The molecule has 5 nitrogen and oxygen atoms in total. The lowest BCUT2D eigenvalue weighted by Gasteiger charge is -2.34. The number of anilines is 1. The van der Waals surface area contributed by atoms with Crippen LogP contribution < -0.4 is 5.32 Å². The maximum Gasteiger partial charge on any atom is 0.255 e. The number of benzene rings is 2. The summed E-state index contributed by atoms with van der Waals surface area (Å²) in [5, 5.41) is 2.73. The molecule has 0 atom stereocenters. The lowest BCUT2D eigenvalue weighted by atomic mass is 10.1. The molecular formula is C23H26FN3O2. The minimum absolute atomic E-state index is 0.246. The molecule has 0 bridgehead atoms. The molecule has 2 fully saturated rings. The molecule has 2 aromatic carbocycles. The number of amides is 2. The molecule has 6 heteroatoms. The number of carbonyl (C=O) groups is 2. The Morgan fingerprint density at radius 1 is 1.00 bits per heavy atom. The van der Waals surface area contributed by atoms with E-state index in [1.165, 1.54) is 12.1 Å². The van der Waals surface area contributed by atoms with Gasteiger partial charge in [-0.2, -0.15) is 0 Å². The Hall–Kier alpha value is -2.73. The van der Waals surface area contributed by atoms with Gasteiger partial charge in [-0.3, -0.25) is 14.5 Å². The minimum atomic E-state index is -0.379. The van der Waals surface area contributed by atoms with Gasteiger partial charge in [0.1, 0.15) is 5.82 Å². The largest absolute Gasteiger partial charge is 0.340 e. The van der Waals surface area contributed by atoms with Crippen molar-refractivity contribution in [1.82, 2.24) is 9.80 Å². The average Bonchev–Trinajstić information content (AvgIpc) is 3.58. The van der Waals surface area contributed by atoms with E-state index in [0.717, 1.165) is 57.5 Å². The fraction of sp³-hybridized carbons (Fsp3) is 0.391. The molecule has 0 radical (unpaired) electrons. The number of rotatable bonds is 6. The summed E-state index contributed by atoms with van der Waals surface area (Å²) in [7, 11) is 0. The molecular weight excluding hydrogens is 369 g/mol. The second-order valence-corrected chi connectivity index (χ2v) is 7.86. The summed E-state index contributed by atoms with van der Waals surface area (Å²) >= 11 is 0. The highest BCUT2D eigenvalue weighted by Gasteiger charge is 2.34. The Bertz CT molecular complexity index is 889. The van der Waals surface area contributed by atoms with E-state index in [9.17, 15) is 14.0 Å². The molecule has 1 aliphatic carbocycles. The summed E-state index contributed by atoms with van der Waals surface area (Å²) in [5.41, 5.74) is 2.10. The average molecular weight is 395 g/mol. The Morgan fingerprint density at radius 3 is 2.48 bits per heavy atom. The molecule has 1 heterocycles. The Labute approximate surface area is 170 Å². The van der Waals surface area contributed by atoms with Gasteiger partial charge in [0, 0.05) is 49.9 Å². The normalized spacial score (nSPS) is 17.2. The predicted octanol–water partition coefficient (Wildman–Crippen LogP) is 3.17. The summed E-state index contributed by atoms with van der Waals surface area (Å²) in [6.45, 7) is 4.33. The van der Waals surface area contributed by atoms with Gasteiger partial charge < -0.3 is 10.2 Å². The van der Waals surface area contributed by atoms with Gasteiger partial charge in [0.05, 0.1) is 0 Å². The second-order valence-electron chi connectivity index (χ2n) is 7.86. The van der Waals surface area contributed by atoms with Crippen molar-refractivity contribution in [3.63, 3.8) is 0 Å². The van der Waals surface area contributed by atoms with Gasteiger partial charge in [-0.15, -0.1) is 0 Å². The number of nitrogens with zero attached hydrogens (tertiary/aromatic N) is 2. The molecule has 152 valence electrons. The lowest BCUT2D eigenvalue weighted by Crippen LogP contribution is -2.49. The Kier molecular flexibility index (Phi) is 5.90. The number of carbonyl (C=O) groups excluding carboxylic acids is 2. The van der Waals surface area contributed by atoms with Crippen molar-refractivity contribution in [3.8, 4) is 0 Å². The van der Waals surface area contributed by atoms with Gasteiger partial charge in [-0.1, -0.05) is 18.2 Å². The molecule has 0 spiro atoms. The predicted molar refractivity (Wildman–Crippen MR) is 110 cm³/mol. The number of hydrogen-bond acceptors (Lipinski definition) is 3. The first kappa shape index (κ1) is 19.6. The molecule has 1 saturated carbocycles. The van der Waals surface area contributed by atoms with Crippen LogP contribution in [0.5, 0.6) is 0 Å². The summed E-state index contributed by atoms with van der Waals surface area (Å²) in [6, 6.07) is 13.4. The van der Waals surface area contributed by atoms with Gasteiger partial charge in [0.25, 0.3) is 5.91 Å². The first-order valence-electron chi connectivity index (χ1n) is 10.3. The Morgan fingerprint density at radius 2 is 1.76 bits per heavy atom. The van der Waals surface area contributed by atoms with Crippen LogP contribution in [-0.2, 0) is 11.2 Å². The second kappa shape index (κ2) is 8.74. The van der Waals surface area contributed by atoms with Crippen LogP contribution in [0.25, 0.3) is 0 Å². The molecule has 1 aliphatic heterocycles. The fourth-order valence-corrected chi connectivity index (χ4v) is 3.71. The SMILES string of the molecule is O=C(Nc1cccc(F)c1)c1cccc(CCN2CCN(C(=O)C3CC3)CC2)c1. The van der Waals surface area contributed by atoms with Gasteiger partial charge in [-0.25, -0.2) is 4.39 Å². The molecule has 1 saturated heterocycles. The monoisotopic (exact) mass is 395 g/mol. The van der Waals surface area contributed by atoms with Crippen LogP contribution in [0.4, 0.5) is 10.1 Å². The topological polar surface area (TPSA) is 52.7 Å². The maximum absolute atomic E-state index is 13.3. The van der Waals surface area contributed by atoms with Crippen LogP contribution in [-0.4, -0.2) is 54.3 Å². The van der Waals surface area contributed by atoms with E-state index < -0.39 is 0 Å². The highest BCUT2D eigenvalue weighted by molar-refractivity contribution is 6.04. The quantitative estimate of drug-likeness (QED) is 0.817. The third-order valence-electron chi connectivity index (χ3n) is 5.60. The molecule has 4 rings (SSSR count). The van der Waals surface area contributed by atoms with E-state index in [-0.39, 0.29) is 11.7 Å². The van der Waals surface area contributed by atoms with Crippen molar-refractivity contribution in [3.05, 3.63) is 65.5 Å². The molecule has 0 unspecified atom stereocenters. The van der Waals surface area contributed by atoms with E-state index in [2.05, 4.69) is 10.2 Å². The fourth-order valence-electron chi connectivity index (χ4n) is 3.71. The van der Waals surface area contributed by atoms with Crippen LogP contribution in [0.1, 0.15) is 28.8 Å². The number of halogens is 1. The molecule has 29 heavy (non-hydrogen) atoms. The lowest BCUT2D eigenvalue weighted by molar-refractivity contribution is -0.134. The van der Waals surface area contributed by atoms with E-state index in [1.54, 1.807) is 18.2 Å². The first-order valence-corrected chi connectivity index (χ1v) is 10.3. The highest BCUT2D eigenvalue weighted by Crippen LogP contribution is 2.31. The van der Waals surface area contributed by atoms with Crippen LogP contribution in [0.3, 0.4) is 0 Å². The van der Waals surface area contributed by atoms with E-state index in [4.69, 9.17) is 0 Å². The third kappa shape index (κ3) is 5.21. The van der Waals surface area contributed by atoms with Gasteiger partial charge >= 0.3 is 0 Å². The number of piperazine rings is 1. The van der Waals surface area contributed by atoms with Crippen molar-refractivity contribution in [2.45, 2.75) is 19.3 Å². The van der Waals surface area contributed by atoms with E-state index in [0.29, 0.717) is 23.1 Å². The molecule has 1 N–H and O–H groups in total. The first-order chi connectivity index (χ1) is 14.1. The Balaban J connectivity index is 1.28.